The minimum atomic E-state index is -0.626. The molecule has 0 fully saturated rings. The van der Waals surface area contributed by atoms with Gasteiger partial charge in [0.05, 0.1) is 18.7 Å². The number of hydrogen-bond donors (Lipinski definition) is 3. The average molecular weight is 349 g/mol. The second-order valence-corrected chi connectivity index (χ2v) is 5.73. The lowest BCUT2D eigenvalue weighted by Crippen LogP contribution is -2.52. The minimum absolute atomic E-state index is 0.235. The Bertz CT molecular complexity index is 563. The van der Waals surface area contributed by atoms with Crippen LogP contribution in [0.25, 0.3) is 0 Å². The maximum atomic E-state index is 12.4. The Labute approximate surface area is 148 Å². The molecule has 7 nitrogen and oxygen atoms in total. The van der Waals surface area contributed by atoms with Gasteiger partial charge in [0.2, 0.25) is 11.8 Å². The molecule has 0 aliphatic rings. The van der Waals surface area contributed by atoms with Crippen LogP contribution in [0.15, 0.2) is 30.3 Å². The van der Waals surface area contributed by atoms with Crippen LogP contribution in [0.2, 0.25) is 0 Å². The Hall–Kier alpha value is -2.41. The van der Waals surface area contributed by atoms with Crippen LogP contribution in [-0.4, -0.2) is 43.0 Å². The van der Waals surface area contributed by atoms with Crippen molar-refractivity contribution in [1.29, 1.82) is 0 Å². The molecule has 0 radical (unpaired) electrons. The Kier molecular flexibility index (Phi) is 9.24. The summed E-state index contributed by atoms with van der Waals surface area (Å²) < 4.78 is 4.84. The number of carbonyl (C=O) groups is 3. The lowest BCUT2D eigenvalue weighted by molar-refractivity contribution is -0.143. The summed E-state index contributed by atoms with van der Waals surface area (Å²) >= 11 is 0. The highest BCUT2D eigenvalue weighted by Gasteiger charge is 2.22. The van der Waals surface area contributed by atoms with E-state index in [-0.39, 0.29) is 18.3 Å². The van der Waals surface area contributed by atoms with Gasteiger partial charge in [-0.25, -0.2) is 0 Å². The molecule has 0 saturated carbocycles. The highest BCUT2D eigenvalue weighted by molar-refractivity contribution is 5.84. The third-order valence-electron chi connectivity index (χ3n) is 3.64. The molecule has 0 bridgehead atoms. The molecule has 4 N–H and O–H groups in total. The van der Waals surface area contributed by atoms with Gasteiger partial charge in [-0.2, -0.15) is 0 Å². The van der Waals surface area contributed by atoms with E-state index < -0.39 is 18.0 Å². The van der Waals surface area contributed by atoms with Crippen LogP contribution in [0.4, 0.5) is 0 Å². The molecule has 0 spiro atoms. The van der Waals surface area contributed by atoms with Gasteiger partial charge >= 0.3 is 5.97 Å². The topological polar surface area (TPSA) is 111 Å². The number of nitrogens with two attached hydrogens (primary N) is 1. The van der Waals surface area contributed by atoms with Crippen molar-refractivity contribution in [2.75, 3.05) is 13.2 Å². The predicted octanol–water partition coefficient (Wildman–Crippen LogP) is 0.521. The molecular weight excluding hydrogens is 322 g/mol. The highest BCUT2D eigenvalue weighted by atomic mass is 16.5. The number of amides is 2. The zero-order chi connectivity index (χ0) is 18.7. The Morgan fingerprint density at radius 2 is 1.88 bits per heavy atom. The van der Waals surface area contributed by atoms with Gasteiger partial charge in [0.25, 0.3) is 0 Å². The number of rotatable bonds is 11. The summed E-state index contributed by atoms with van der Waals surface area (Å²) in [6, 6.07) is 8.29. The first-order chi connectivity index (χ1) is 11.9. The minimum Gasteiger partial charge on any atom is -0.466 e. The number of esters is 1. The third kappa shape index (κ3) is 8.30. The quantitative estimate of drug-likeness (QED) is 0.398. The summed E-state index contributed by atoms with van der Waals surface area (Å²) in [5.74, 6) is -1.04. The van der Waals surface area contributed by atoms with Crippen molar-refractivity contribution in [3.05, 3.63) is 35.9 Å². The van der Waals surface area contributed by atoms with Crippen LogP contribution in [0.3, 0.4) is 0 Å². The highest BCUT2D eigenvalue weighted by Crippen LogP contribution is 2.05. The SMILES string of the molecule is CCOC(=O)CCCNC(=O)[C@H](Cc1ccccc1)N[C@@H](C)C(N)=O. The van der Waals surface area contributed by atoms with Crippen LogP contribution in [0.1, 0.15) is 32.3 Å². The molecule has 1 aromatic rings. The zero-order valence-corrected chi connectivity index (χ0v) is 14.8. The van der Waals surface area contributed by atoms with Gasteiger partial charge in [0, 0.05) is 13.0 Å². The fourth-order valence-corrected chi connectivity index (χ4v) is 2.26. The second kappa shape index (κ2) is 11.2. The van der Waals surface area contributed by atoms with Gasteiger partial charge in [-0.05, 0) is 32.3 Å². The largest absolute Gasteiger partial charge is 0.466 e. The fraction of sp³-hybridized carbons (Fsp3) is 0.500. The van der Waals surface area contributed by atoms with E-state index in [2.05, 4.69) is 10.6 Å². The molecule has 2 atom stereocenters. The molecular formula is C18H27N3O4. The summed E-state index contributed by atoms with van der Waals surface area (Å²) in [6.45, 7) is 4.07. The van der Waals surface area contributed by atoms with E-state index in [9.17, 15) is 14.4 Å². The standard InChI is InChI=1S/C18H27N3O4/c1-3-25-16(22)10-7-11-20-18(24)15(21-13(2)17(19)23)12-14-8-5-4-6-9-14/h4-6,8-9,13,15,21H,3,7,10-12H2,1-2H3,(H2,19,23)(H,20,24)/t13-,15-/m0/s1. The summed E-state index contributed by atoms with van der Waals surface area (Å²) in [5, 5.41) is 5.74. The van der Waals surface area contributed by atoms with Crippen LogP contribution >= 0.6 is 0 Å². The summed E-state index contributed by atoms with van der Waals surface area (Å²) in [6.07, 6.45) is 1.18. The monoisotopic (exact) mass is 349 g/mol. The Morgan fingerprint density at radius 1 is 1.20 bits per heavy atom. The number of nitrogens with one attached hydrogen (secondary N) is 2. The lowest BCUT2D eigenvalue weighted by atomic mass is 10.0. The molecule has 0 unspecified atom stereocenters. The van der Waals surface area contributed by atoms with E-state index in [1.165, 1.54) is 0 Å². The van der Waals surface area contributed by atoms with Crippen molar-refractivity contribution in [2.45, 2.75) is 45.2 Å². The second-order valence-electron chi connectivity index (χ2n) is 5.73. The van der Waals surface area contributed by atoms with Crippen molar-refractivity contribution in [1.82, 2.24) is 10.6 Å². The van der Waals surface area contributed by atoms with Crippen molar-refractivity contribution in [3.8, 4) is 0 Å². The molecule has 1 aromatic carbocycles. The van der Waals surface area contributed by atoms with E-state index in [1.807, 2.05) is 30.3 Å². The normalized spacial score (nSPS) is 12.9. The molecule has 138 valence electrons. The maximum Gasteiger partial charge on any atom is 0.305 e. The molecule has 2 amide bonds. The molecule has 0 saturated heterocycles. The van der Waals surface area contributed by atoms with Gasteiger partial charge in [-0.15, -0.1) is 0 Å². The summed E-state index contributed by atoms with van der Waals surface area (Å²) in [5.41, 5.74) is 6.25. The molecule has 7 heteroatoms. The van der Waals surface area contributed by atoms with E-state index in [0.29, 0.717) is 26.0 Å². The summed E-state index contributed by atoms with van der Waals surface area (Å²) in [4.78, 5) is 35.0. The fourth-order valence-electron chi connectivity index (χ4n) is 2.26. The van der Waals surface area contributed by atoms with Gasteiger partial charge in [0.1, 0.15) is 0 Å². The zero-order valence-electron chi connectivity index (χ0n) is 14.8. The van der Waals surface area contributed by atoms with E-state index in [0.717, 1.165) is 5.56 Å². The van der Waals surface area contributed by atoms with E-state index >= 15 is 0 Å². The molecule has 1 rings (SSSR count). The maximum absolute atomic E-state index is 12.4. The number of primary amides is 1. The molecule has 0 aromatic heterocycles. The van der Waals surface area contributed by atoms with Gasteiger partial charge < -0.3 is 15.8 Å². The van der Waals surface area contributed by atoms with Crippen LogP contribution in [-0.2, 0) is 25.5 Å². The van der Waals surface area contributed by atoms with E-state index in [4.69, 9.17) is 10.5 Å². The average Bonchev–Trinajstić information content (AvgIpc) is 2.59. The first-order valence-electron chi connectivity index (χ1n) is 8.46. The first-order valence-corrected chi connectivity index (χ1v) is 8.46. The number of benzene rings is 1. The lowest BCUT2D eigenvalue weighted by Gasteiger charge is -2.21. The van der Waals surface area contributed by atoms with E-state index in [1.54, 1.807) is 13.8 Å². The number of carbonyl (C=O) groups excluding carboxylic acids is 3. The third-order valence-corrected chi connectivity index (χ3v) is 3.64. The van der Waals surface area contributed by atoms with Crippen molar-refractivity contribution in [3.63, 3.8) is 0 Å². The van der Waals surface area contributed by atoms with Crippen molar-refractivity contribution < 1.29 is 19.1 Å². The summed E-state index contributed by atoms with van der Waals surface area (Å²) in [7, 11) is 0. The molecule has 0 aliphatic heterocycles. The van der Waals surface area contributed by atoms with Crippen LogP contribution in [0, 0.1) is 0 Å². The smallest absolute Gasteiger partial charge is 0.305 e. The number of ether oxygens (including phenoxy) is 1. The van der Waals surface area contributed by atoms with Gasteiger partial charge in [0.15, 0.2) is 0 Å². The van der Waals surface area contributed by atoms with Crippen LogP contribution in [0.5, 0.6) is 0 Å². The Morgan fingerprint density at radius 3 is 2.48 bits per heavy atom. The predicted molar refractivity (Wildman–Crippen MR) is 94.6 cm³/mol. The van der Waals surface area contributed by atoms with Crippen molar-refractivity contribution >= 4 is 17.8 Å². The Balaban J connectivity index is 2.56. The van der Waals surface area contributed by atoms with Gasteiger partial charge in [-0.3, -0.25) is 19.7 Å². The first kappa shape index (κ1) is 20.6. The molecule has 0 aliphatic carbocycles. The molecule has 0 heterocycles. The van der Waals surface area contributed by atoms with Crippen LogP contribution < -0.4 is 16.4 Å². The van der Waals surface area contributed by atoms with Gasteiger partial charge in [-0.1, -0.05) is 30.3 Å². The number of hydrogen-bond acceptors (Lipinski definition) is 5. The van der Waals surface area contributed by atoms with Crippen molar-refractivity contribution in [2.24, 2.45) is 5.73 Å². The molecule has 25 heavy (non-hydrogen) atoms.